The summed E-state index contributed by atoms with van der Waals surface area (Å²) in [5, 5.41) is 0. The maximum absolute atomic E-state index is 6.01. The number of rotatable bonds is 2. The van der Waals surface area contributed by atoms with Crippen LogP contribution in [0.4, 0.5) is 17.2 Å². The van der Waals surface area contributed by atoms with E-state index >= 15 is 0 Å². The molecular weight excluding hydrogens is 330 g/mol. The van der Waals surface area contributed by atoms with Crippen LogP contribution >= 0.6 is 15.9 Å². The summed E-state index contributed by atoms with van der Waals surface area (Å²) in [7, 11) is 0. The molecule has 1 aromatic heterocycles. The number of nitrogens with zero attached hydrogens (tertiary/aromatic N) is 4. The molecule has 0 amide bonds. The molecule has 6 heteroatoms. The van der Waals surface area contributed by atoms with Crippen molar-refractivity contribution in [1.29, 1.82) is 0 Å². The van der Waals surface area contributed by atoms with Crippen LogP contribution in [0, 0.1) is 6.92 Å². The van der Waals surface area contributed by atoms with Crippen molar-refractivity contribution in [1.82, 2.24) is 9.97 Å². The average molecular weight is 348 g/mol. The van der Waals surface area contributed by atoms with Gasteiger partial charge in [0.25, 0.3) is 0 Å². The molecule has 5 nitrogen and oxygen atoms in total. The molecular formula is C15H18BrN5. The van der Waals surface area contributed by atoms with Crippen molar-refractivity contribution >= 4 is 33.1 Å². The van der Waals surface area contributed by atoms with Crippen molar-refractivity contribution in [3.8, 4) is 0 Å². The first-order chi connectivity index (χ1) is 10.1. The van der Waals surface area contributed by atoms with E-state index in [2.05, 4.69) is 53.9 Å². The minimum Gasteiger partial charge on any atom is -0.382 e. The second kappa shape index (κ2) is 5.89. The van der Waals surface area contributed by atoms with Gasteiger partial charge in [-0.2, -0.15) is 0 Å². The average Bonchev–Trinajstić information content (AvgIpc) is 2.47. The first-order valence-electron chi connectivity index (χ1n) is 6.98. The molecule has 0 unspecified atom stereocenters. The Hall–Kier alpha value is -1.82. The fraction of sp³-hybridized carbons (Fsp3) is 0.333. The van der Waals surface area contributed by atoms with Crippen LogP contribution in [-0.2, 0) is 0 Å². The van der Waals surface area contributed by atoms with Gasteiger partial charge in [0.15, 0.2) is 5.82 Å². The highest BCUT2D eigenvalue weighted by Gasteiger charge is 2.19. The molecule has 3 rings (SSSR count). The number of anilines is 3. The normalized spacial score (nSPS) is 15.3. The molecule has 1 aliphatic rings. The zero-order valence-corrected chi connectivity index (χ0v) is 13.5. The van der Waals surface area contributed by atoms with Crippen molar-refractivity contribution in [3.05, 3.63) is 40.8 Å². The molecule has 1 aliphatic heterocycles. The summed E-state index contributed by atoms with van der Waals surface area (Å²) in [6, 6.07) is 8.41. The van der Waals surface area contributed by atoms with Crippen LogP contribution in [-0.4, -0.2) is 36.1 Å². The number of piperazine rings is 1. The molecule has 110 valence electrons. The van der Waals surface area contributed by atoms with Gasteiger partial charge in [0.2, 0.25) is 0 Å². The van der Waals surface area contributed by atoms with Gasteiger partial charge in [-0.3, -0.25) is 0 Å². The largest absolute Gasteiger partial charge is 0.382 e. The Morgan fingerprint density at radius 1 is 1.14 bits per heavy atom. The van der Waals surface area contributed by atoms with Crippen LogP contribution in [0.2, 0.25) is 0 Å². The van der Waals surface area contributed by atoms with Gasteiger partial charge in [-0.05, 0) is 25.1 Å². The monoisotopic (exact) mass is 347 g/mol. The molecule has 2 heterocycles. The van der Waals surface area contributed by atoms with Crippen LogP contribution in [0.3, 0.4) is 0 Å². The standard InChI is InChI=1S/C15H18BrN5/c1-11-18-10-14(15(17)19-11)21-7-5-20(6-8-21)13-4-2-3-12(16)9-13/h2-4,9-10H,5-8H2,1H3,(H2,17,18,19). The maximum Gasteiger partial charge on any atom is 0.150 e. The Bertz CT molecular complexity index is 638. The third kappa shape index (κ3) is 3.10. The van der Waals surface area contributed by atoms with Crippen molar-refractivity contribution in [2.45, 2.75) is 6.92 Å². The van der Waals surface area contributed by atoms with Crippen molar-refractivity contribution in [2.75, 3.05) is 41.7 Å². The molecule has 0 atom stereocenters. The molecule has 0 aliphatic carbocycles. The van der Waals surface area contributed by atoms with Crippen LogP contribution in [0.25, 0.3) is 0 Å². The molecule has 1 aromatic carbocycles. The van der Waals surface area contributed by atoms with Crippen molar-refractivity contribution in [2.24, 2.45) is 0 Å². The fourth-order valence-electron chi connectivity index (χ4n) is 2.60. The van der Waals surface area contributed by atoms with Gasteiger partial charge in [0, 0.05) is 36.3 Å². The van der Waals surface area contributed by atoms with E-state index in [0.717, 1.165) is 36.3 Å². The number of benzene rings is 1. The lowest BCUT2D eigenvalue weighted by atomic mass is 10.2. The van der Waals surface area contributed by atoms with E-state index in [1.165, 1.54) is 5.69 Å². The predicted molar refractivity (Wildman–Crippen MR) is 89.7 cm³/mol. The summed E-state index contributed by atoms with van der Waals surface area (Å²) < 4.78 is 1.11. The van der Waals surface area contributed by atoms with E-state index in [1.807, 2.05) is 19.2 Å². The summed E-state index contributed by atoms with van der Waals surface area (Å²) >= 11 is 3.52. The summed E-state index contributed by atoms with van der Waals surface area (Å²) in [5.74, 6) is 1.28. The molecule has 2 aromatic rings. The Morgan fingerprint density at radius 3 is 2.52 bits per heavy atom. The maximum atomic E-state index is 6.01. The number of aromatic nitrogens is 2. The van der Waals surface area contributed by atoms with E-state index in [1.54, 1.807) is 0 Å². The first-order valence-corrected chi connectivity index (χ1v) is 7.77. The smallest absolute Gasteiger partial charge is 0.150 e. The van der Waals surface area contributed by atoms with Crippen LogP contribution < -0.4 is 15.5 Å². The number of hydrogen-bond acceptors (Lipinski definition) is 5. The lowest BCUT2D eigenvalue weighted by molar-refractivity contribution is 0.652. The van der Waals surface area contributed by atoms with Crippen LogP contribution in [0.5, 0.6) is 0 Å². The van der Waals surface area contributed by atoms with E-state index in [9.17, 15) is 0 Å². The van der Waals surface area contributed by atoms with Crippen LogP contribution in [0.1, 0.15) is 5.82 Å². The molecule has 1 fully saturated rings. The topological polar surface area (TPSA) is 58.3 Å². The number of aryl methyl sites for hydroxylation is 1. The number of halogens is 1. The Morgan fingerprint density at radius 2 is 1.86 bits per heavy atom. The lowest BCUT2D eigenvalue weighted by Crippen LogP contribution is -2.46. The minimum absolute atomic E-state index is 0.568. The van der Waals surface area contributed by atoms with E-state index in [0.29, 0.717) is 11.6 Å². The Labute approximate surface area is 132 Å². The highest BCUT2D eigenvalue weighted by atomic mass is 79.9. The van der Waals surface area contributed by atoms with Gasteiger partial charge in [0.1, 0.15) is 5.82 Å². The third-order valence-electron chi connectivity index (χ3n) is 3.71. The lowest BCUT2D eigenvalue weighted by Gasteiger charge is -2.37. The summed E-state index contributed by atoms with van der Waals surface area (Å²) in [5.41, 5.74) is 8.19. The third-order valence-corrected chi connectivity index (χ3v) is 4.21. The quantitative estimate of drug-likeness (QED) is 0.904. The second-order valence-electron chi connectivity index (χ2n) is 5.14. The molecule has 0 saturated carbocycles. The molecule has 0 bridgehead atoms. The summed E-state index contributed by atoms with van der Waals surface area (Å²) in [6.45, 7) is 5.62. The molecule has 2 N–H and O–H groups in total. The van der Waals surface area contributed by atoms with E-state index < -0.39 is 0 Å². The van der Waals surface area contributed by atoms with Crippen LogP contribution in [0.15, 0.2) is 34.9 Å². The van der Waals surface area contributed by atoms with Gasteiger partial charge < -0.3 is 15.5 Å². The summed E-state index contributed by atoms with van der Waals surface area (Å²) in [6.07, 6.45) is 1.83. The van der Waals surface area contributed by atoms with Gasteiger partial charge in [-0.15, -0.1) is 0 Å². The molecule has 0 radical (unpaired) electrons. The van der Waals surface area contributed by atoms with E-state index in [4.69, 9.17) is 5.73 Å². The molecule has 21 heavy (non-hydrogen) atoms. The highest BCUT2D eigenvalue weighted by Crippen LogP contribution is 2.25. The Balaban J connectivity index is 1.70. The zero-order valence-electron chi connectivity index (χ0n) is 12.0. The highest BCUT2D eigenvalue weighted by molar-refractivity contribution is 9.10. The van der Waals surface area contributed by atoms with Crippen molar-refractivity contribution in [3.63, 3.8) is 0 Å². The van der Waals surface area contributed by atoms with Gasteiger partial charge in [-0.25, -0.2) is 9.97 Å². The SMILES string of the molecule is Cc1ncc(N2CCN(c3cccc(Br)c3)CC2)c(N)n1. The summed E-state index contributed by atoms with van der Waals surface area (Å²) in [4.78, 5) is 13.1. The second-order valence-corrected chi connectivity index (χ2v) is 6.06. The van der Waals surface area contributed by atoms with Gasteiger partial charge >= 0.3 is 0 Å². The first kappa shape index (κ1) is 14.1. The van der Waals surface area contributed by atoms with Gasteiger partial charge in [0.05, 0.1) is 11.9 Å². The Kier molecular flexibility index (Phi) is 3.96. The fourth-order valence-corrected chi connectivity index (χ4v) is 2.99. The van der Waals surface area contributed by atoms with E-state index in [-0.39, 0.29) is 0 Å². The molecule has 1 saturated heterocycles. The minimum atomic E-state index is 0.568. The number of nitrogens with two attached hydrogens (primary N) is 1. The molecule has 0 spiro atoms. The number of hydrogen-bond donors (Lipinski definition) is 1. The van der Waals surface area contributed by atoms with Gasteiger partial charge in [-0.1, -0.05) is 22.0 Å². The number of nitrogen functional groups attached to an aromatic ring is 1. The predicted octanol–water partition coefficient (Wildman–Crippen LogP) is 2.46. The van der Waals surface area contributed by atoms with Crippen molar-refractivity contribution < 1.29 is 0 Å². The zero-order chi connectivity index (χ0) is 14.8.